The van der Waals surface area contributed by atoms with E-state index < -0.39 is 6.10 Å². The normalized spacial score (nSPS) is 14.4. The van der Waals surface area contributed by atoms with Crippen LogP contribution in [0.4, 0.5) is 5.69 Å². The molecule has 2 heterocycles. The van der Waals surface area contributed by atoms with Gasteiger partial charge < -0.3 is 30.0 Å². The van der Waals surface area contributed by atoms with Crippen molar-refractivity contribution >= 4 is 23.2 Å². The van der Waals surface area contributed by atoms with Crippen molar-refractivity contribution in [2.45, 2.75) is 6.10 Å². The van der Waals surface area contributed by atoms with E-state index in [2.05, 4.69) is 22.1 Å². The van der Waals surface area contributed by atoms with E-state index in [4.69, 9.17) is 9.47 Å². The fourth-order valence-electron chi connectivity index (χ4n) is 3.40. The highest BCUT2D eigenvalue weighted by atomic mass is 16.5. The molecule has 0 spiro atoms. The Balaban J connectivity index is 1.71. The molecule has 7 nitrogen and oxygen atoms in total. The fourth-order valence-corrected chi connectivity index (χ4v) is 3.40. The summed E-state index contributed by atoms with van der Waals surface area (Å²) in [5.41, 5.74) is 3.42. The number of amides is 1. The van der Waals surface area contributed by atoms with E-state index in [1.54, 1.807) is 55.8 Å². The molecule has 0 bridgehead atoms. The molecule has 1 unspecified atom stereocenters. The number of phenolic OH excluding ortho intramolecular Hbond substituents is 1. The van der Waals surface area contributed by atoms with Gasteiger partial charge in [-0.15, -0.1) is 0 Å². The predicted octanol–water partition coefficient (Wildman–Crippen LogP) is 3.32. The minimum atomic E-state index is -1.13. The van der Waals surface area contributed by atoms with E-state index in [9.17, 15) is 15.0 Å². The van der Waals surface area contributed by atoms with Crippen LogP contribution in [0, 0.1) is 11.8 Å². The Kier molecular flexibility index (Phi) is 5.39. The van der Waals surface area contributed by atoms with Crippen molar-refractivity contribution in [3.63, 3.8) is 0 Å². The molecule has 1 atom stereocenters. The Hall–Kier alpha value is -4.15. The molecule has 7 heteroatoms. The highest BCUT2D eigenvalue weighted by Gasteiger charge is 2.27. The molecule has 0 saturated heterocycles. The number of methoxy groups -OCH3 is 2. The summed E-state index contributed by atoms with van der Waals surface area (Å²) in [4.78, 5) is 15.6. The second-order valence-electron chi connectivity index (χ2n) is 6.80. The molecule has 1 amide bonds. The van der Waals surface area contributed by atoms with Crippen molar-refractivity contribution in [2.24, 2.45) is 0 Å². The summed E-state index contributed by atoms with van der Waals surface area (Å²) < 4.78 is 10.3. The number of carbonyl (C=O) groups is 1. The van der Waals surface area contributed by atoms with Crippen molar-refractivity contribution in [3.8, 4) is 29.1 Å². The van der Waals surface area contributed by atoms with Gasteiger partial charge in [-0.05, 0) is 42.0 Å². The van der Waals surface area contributed by atoms with E-state index in [1.807, 2.05) is 0 Å². The van der Waals surface area contributed by atoms with Gasteiger partial charge in [0, 0.05) is 17.3 Å². The minimum Gasteiger partial charge on any atom is -0.504 e. The lowest BCUT2D eigenvalue weighted by atomic mass is 9.99. The molecule has 3 aromatic rings. The van der Waals surface area contributed by atoms with Crippen LogP contribution in [0.25, 0.3) is 11.6 Å². The van der Waals surface area contributed by atoms with Gasteiger partial charge in [-0.25, -0.2) is 0 Å². The zero-order valence-electron chi connectivity index (χ0n) is 16.9. The van der Waals surface area contributed by atoms with Crippen LogP contribution >= 0.6 is 0 Å². The smallest absolute Gasteiger partial charge is 0.256 e. The second-order valence-corrected chi connectivity index (χ2v) is 6.80. The predicted molar refractivity (Wildman–Crippen MR) is 117 cm³/mol. The molecule has 2 aromatic carbocycles. The number of aliphatic hydroxyl groups is 1. The maximum absolute atomic E-state index is 12.6. The summed E-state index contributed by atoms with van der Waals surface area (Å²) >= 11 is 0. The Morgan fingerprint density at radius 3 is 2.65 bits per heavy atom. The van der Waals surface area contributed by atoms with Crippen LogP contribution in [-0.2, 0) is 4.79 Å². The summed E-state index contributed by atoms with van der Waals surface area (Å²) in [6, 6.07) is 11.7. The number of H-pyrrole nitrogens is 1. The largest absolute Gasteiger partial charge is 0.504 e. The Bertz CT molecular complexity index is 1250. The van der Waals surface area contributed by atoms with Gasteiger partial charge in [0.1, 0.15) is 11.9 Å². The molecule has 0 fully saturated rings. The van der Waals surface area contributed by atoms with Crippen molar-refractivity contribution in [1.29, 1.82) is 0 Å². The number of benzene rings is 2. The first kappa shape index (κ1) is 20.1. The lowest BCUT2D eigenvalue weighted by molar-refractivity contribution is -0.110. The van der Waals surface area contributed by atoms with Crippen LogP contribution in [0.5, 0.6) is 17.2 Å². The summed E-state index contributed by atoms with van der Waals surface area (Å²) in [5, 5.41) is 23.2. The molecular weight excluding hydrogens is 396 g/mol. The van der Waals surface area contributed by atoms with Crippen LogP contribution in [0.15, 0.2) is 48.7 Å². The molecule has 4 N–H and O–H groups in total. The first-order chi connectivity index (χ1) is 15.0. The summed E-state index contributed by atoms with van der Waals surface area (Å²) in [6.45, 7) is 0. The number of ether oxygens (including phenoxy) is 2. The first-order valence-electron chi connectivity index (χ1n) is 9.46. The third-order valence-electron chi connectivity index (χ3n) is 4.94. The first-order valence-corrected chi connectivity index (χ1v) is 9.46. The highest BCUT2D eigenvalue weighted by molar-refractivity contribution is 6.35. The maximum atomic E-state index is 12.6. The number of aliphatic hydroxyl groups excluding tert-OH is 1. The number of anilines is 1. The van der Waals surface area contributed by atoms with Crippen molar-refractivity contribution in [2.75, 3.05) is 19.5 Å². The number of rotatable bonds is 4. The van der Waals surface area contributed by atoms with Crippen molar-refractivity contribution in [3.05, 3.63) is 71.0 Å². The van der Waals surface area contributed by atoms with Gasteiger partial charge in [-0.2, -0.15) is 0 Å². The Morgan fingerprint density at radius 1 is 1.10 bits per heavy atom. The van der Waals surface area contributed by atoms with E-state index >= 15 is 0 Å². The van der Waals surface area contributed by atoms with Gasteiger partial charge >= 0.3 is 0 Å². The third kappa shape index (κ3) is 3.84. The average molecular weight is 416 g/mol. The van der Waals surface area contributed by atoms with Crippen LogP contribution in [0.1, 0.15) is 28.5 Å². The van der Waals surface area contributed by atoms with E-state index in [0.29, 0.717) is 45.1 Å². The SMILES string of the molecule is COc1ccc(C(O)C#Cc2cccc3c2C(=Cc2[nH]ccc2OC)C(=O)N3)cc1O. The lowest BCUT2D eigenvalue weighted by Crippen LogP contribution is -2.03. The molecular formula is C24H20N2O5. The minimum absolute atomic E-state index is 0.0821. The van der Waals surface area contributed by atoms with Crippen LogP contribution in [0.3, 0.4) is 0 Å². The van der Waals surface area contributed by atoms with E-state index in [-0.39, 0.29) is 11.7 Å². The number of hydrogen-bond acceptors (Lipinski definition) is 5. The van der Waals surface area contributed by atoms with Gasteiger partial charge in [-0.3, -0.25) is 4.79 Å². The van der Waals surface area contributed by atoms with Crippen LogP contribution < -0.4 is 14.8 Å². The maximum Gasteiger partial charge on any atom is 0.256 e. The zero-order chi connectivity index (χ0) is 22.0. The molecule has 4 rings (SSSR count). The summed E-state index contributed by atoms with van der Waals surface area (Å²) in [7, 11) is 3.01. The van der Waals surface area contributed by atoms with Gasteiger partial charge in [0.15, 0.2) is 11.5 Å². The van der Waals surface area contributed by atoms with Gasteiger partial charge in [0.25, 0.3) is 5.91 Å². The number of carbonyl (C=O) groups excluding carboxylic acids is 1. The third-order valence-corrected chi connectivity index (χ3v) is 4.94. The number of phenols is 1. The Morgan fingerprint density at radius 2 is 1.90 bits per heavy atom. The molecule has 0 aliphatic carbocycles. The van der Waals surface area contributed by atoms with Gasteiger partial charge in [0.05, 0.1) is 31.2 Å². The molecule has 0 radical (unpaired) electrons. The average Bonchev–Trinajstić information content (AvgIpc) is 3.36. The van der Waals surface area contributed by atoms with Crippen LogP contribution in [0.2, 0.25) is 0 Å². The van der Waals surface area contributed by atoms with E-state index in [0.717, 1.165) is 0 Å². The highest BCUT2D eigenvalue weighted by Crippen LogP contribution is 2.36. The molecule has 1 aromatic heterocycles. The quantitative estimate of drug-likeness (QED) is 0.386. The second kappa shape index (κ2) is 8.30. The van der Waals surface area contributed by atoms with Gasteiger partial charge in [0.2, 0.25) is 0 Å². The van der Waals surface area contributed by atoms with Crippen molar-refractivity contribution in [1.82, 2.24) is 4.98 Å². The topological polar surface area (TPSA) is 104 Å². The van der Waals surface area contributed by atoms with E-state index in [1.165, 1.54) is 13.2 Å². The molecule has 0 saturated carbocycles. The number of nitrogens with one attached hydrogen (secondary N) is 2. The number of fused-ring (bicyclic) bond motifs is 1. The Labute approximate surface area is 179 Å². The molecule has 31 heavy (non-hydrogen) atoms. The lowest BCUT2D eigenvalue weighted by Gasteiger charge is -2.08. The zero-order valence-corrected chi connectivity index (χ0v) is 16.9. The summed E-state index contributed by atoms with van der Waals surface area (Å²) in [6.07, 6.45) is 2.31. The molecule has 1 aliphatic rings. The fraction of sp³-hybridized carbons (Fsp3) is 0.125. The molecule has 156 valence electrons. The molecule has 1 aliphatic heterocycles. The number of hydrogen-bond donors (Lipinski definition) is 4. The number of aromatic hydroxyl groups is 1. The monoisotopic (exact) mass is 416 g/mol. The number of aromatic nitrogens is 1. The van der Waals surface area contributed by atoms with Gasteiger partial charge in [-0.1, -0.05) is 24.0 Å². The number of aromatic amines is 1. The standard InChI is InChI=1S/C24H20N2O5/c1-30-21-10-11-25-18(21)13-16-23-14(4-3-5-17(23)26-24(16)29)6-8-19(27)15-7-9-22(31-2)20(28)12-15/h3-5,7,9-13,19,25,27-28H,1-2H3,(H,26,29). The summed E-state index contributed by atoms with van der Waals surface area (Å²) in [5.74, 6) is 6.34. The van der Waals surface area contributed by atoms with Crippen LogP contribution in [-0.4, -0.2) is 35.3 Å². The van der Waals surface area contributed by atoms with Crippen molar-refractivity contribution < 1.29 is 24.5 Å².